The van der Waals surface area contributed by atoms with Gasteiger partial charge in [-0.15, -0.1) is 0 Å². The minimum Gasteiger partial charge on any atom is -0.481 e. The van der Waals surface area contributed by atoms with Gasteiger partial charge in [-0.3, -0.25) is 9.59 Å². The summed E-state index contributed by atoms with van der Waals surface area (Å²) < 4.78 is 0. The number of pyridine rings is 1. The van der Waals surface area contributed by atoms with Crippen molar-refractivity contribution in [3.05, 3.63) is 23.9 Å². The largest absolute Gasteiger partial charge is 0.481 e. The molecule has 19 heavy (non-hydrogen) atoms. The molecular weight excluding hydrogens is 246 g/mol. The molecule has 0 spiro atoms. The molecule has 1 aromatic rings. The van der Waals surface area contributed by atoms with Crippen LogP contribution in [-0.4, -0.2) is 46.5 Å². The van der Waals surface area contributed by atoms with E-state index in [4.69, 9.17) is 5.11 Å². The molecule has 0 aliphatic carbocycles. The third-order valence-electron chi connectivity index (χ3n) is 2.47. The molecule has 0 saturated carbocycles. The zero-order valence-electron chi connectivity index (χ0n) is 11.4. The Kier molecular flexibility index (Phi) is 5.29. The lowest BCUT2D eigenvalue weighted by molar-refractivity contribution is -0.137. The van der Waals surface area contributed by atoms with Crippen molar-refractivity contribution in [2.75, 3.05) is 18.9 Å². The summed E-state index contributed by atoms with van der Waals surface area (Å²) in [6.45, 7) is 4.08. The molecule has 0 saturated heterocycles. The Bertz CT molecular complexity index is 460. The number of aromatic nitrogens is 1. The van der Waals surface area contributed by atoms with Gasteiger partial charge in [0.05, 0.1) is 12.0 Å². The van der Waals surface area contributed by atoms with Crippen LogP contribution in [0.3, 0.4) is 0 Å². The van der Waals surface area contributed by atoms with Crippen molar-refractivity contribution in [1.29, 1.82) is 0 Å². The van der Waals surface area contributed by atoms with Gasteiger partial charge in [-0.1, -0.05) is 0 Å². The number of hydrogen-bond donors (Lipinski definition) is 2. The first kappa shape index (κ1) is 14.9. The predicted octanol–water partition coefficient (Wildman–Crippen LogP) is 1.45. The molecule has 1 aromatic heterocycles. The maximum Gasteiger partial charge on any atom is 0.305 e. The first-order valence-electron chi connectivity index (χ1n) is 6.10. The second-order valence-corrected chi connectivity index (χ2v) is 4.57. The summed E-state index contributed by atoms with van der Waals surface area (Å²) in [5.41, 5.74) is 0.448. The van der Waals surface area contributed by atoms with E-state index in [1.54, 1.807) is 25.4 Å². The second kappa shape index (κ2) is 6.72. The fraction of sp³-hybridized carbons (Fsp3) is 0.462. The lowest BCUT2D eigenvalue weighted by Crippen LogP contribution is -2.30. The SMILES string of the molecule is CC(C)Nc1ncccc1C(=O)N(C)CCC(=O)O. The maximum atomic E-state index is 12.2. The van der Waals surface area contributed by atoms with E-state index in [1.807, 2.05) is 13.8 Å². The van der Waals surface area contributed by atoms with Crippen LogP contribution in [0.5, 0.6) is 0 Å². The van der Waals surface area contributed by atoms with Crippen LogP contribution < -0.4 is 5.32 Å². The number of hydrogen-bond acceptors (Lipinski definition) is 4. The van der Waals surface area contributed by atoms with Crippen molar-refractivity contribution in [2.45, 2.75) is 26.3 Å². The smallest absolute Gasteiger partial charge is 0.305 e. The van der Waals surface area contributed by atoms with Gasteiger partial charge in [-0.25, -0.2) is 4.98 Å². The lowest BCUT2D eigenvalue weighted by Gasteiger charge is -2.19. The van der Waals surface area contributed by atoms with E-state index < -0.39 is 5.97 Å². The minimum atomic E-state index is -0.925. The third kappa shape index (κ3) is 4.57. The summed E-state index contributed by atoms with van der Waals surface area (Å²) >= 11 is 0. The van der Waals surface area contributed by atoms with E-state index in [-0.39, 0.29) is 24.9 Å². The van der Waals surface area contributed by atoms with Crippen molar-refractivity contribution in [3.63, 3.8) is 0 Å². The number of carbonyl (C=O) groups excluding carboxylic acids is 1. The number of carboxylic acid groups (broad SMARTS) is 1. The number of nitrogens with zero attached hydrogens (tertiary/aromatic N) is 2. The number of rotatable bonds is 6. The Balaban J connectivity index is 2.83. The molecule has 6 nitrogen and oxygen atoms in total. The Morgan fingerprint density at radius 1 is 1.47 bits per heavy atom. The third-order valence-corrected chi connectivity index (χ3v) is 2.47. The molecule has 0 radical (unpaired) electrons. The van der Waals surface area contributed by atoms with Gasteiger partial charge in [0, 0.05) is 25.8 Å². The van der Waals surface area contributed by atoms with Gasteiger partial charge in [-0.05, 0) is 26.0 Å². The maximum absolute atomic E-state index is 12.2. The van der Waals surface area contributed by atoms with Crippen molar-refractivity contribution >= 4 is 17.7 Å². The van der Waals surface area contributed by atoms with E-state index in [0.717, 1.165) is 0 Å². The van der Waals surface area contributed by atoms with Crippen LogP contribution in [0.2, 0.25) is 0 Å². The first-order chi connectivity index (χ1) is 8.91. The molecule has 1 heterocycles. The molecule has 0 unspecified atom stereocenters. The van der Waals surface area contributed by atoms with E-state index in [0.29, 0.717) is 11.4 Å². The molecule has 0 aliphatic rings. The number of anilines is 1. The summed E-state index contributed by atoms with van der Waals surface area (Å²) in [4.78, 5) is 28.3. The van der Waals surface area contributed by atoms with Crippen LogP contribution in [0.4, 0.5) is 5.82 Å². The highest BCUT2D eigenvalue weighted by Gasteiger charge is 2.17. The van der Waals surface area contributed by atoms with Crippen LogP contribution in [0.1, 0.15) is 30.6 Å². The average Bonchev–Trinajstić information content (AvgIpc) is 2.35. The number of carbonyl (C=O) groups is 2. The Morgan fingerprint density at radius 3 is 2.74 bits per heavy atom. The first-order valence-corrected chi connectivity index (χ1v) is 6.10. The molecule has 104 valence electrons. The van der Waals surface area contributed by atoms with Gasteiger partial charge in [0.15, 0.2) is 0 Å². The fourth-order valence-corrected chi connectivity index (χ4v) is 1.54. The Hall–Kier alpha value is -2.11. The van der Waals surface area contributed by atoms with Gasteiger partial charge in [0.25, 0.3) is 5.91 Å². The lowest BCUT2D eigenvalue weighted by atomic mass is 10.2. The summed E-state index contributed by atoms with van der Waals surface area (Å²) in [7, 11) is 1.58. The number of carboxylic acids is 1. The van der Waals surface area contributed by atoms with Crippen LogP contribution >= 0.6 is 0 Å². The van der Waals surface area contributed by atoms with E-state index >= 15 is 0 Å². The summed E-state index contributed by atoms with van der Waals surface area (Å²) in [6, 6.07) is 3.52. The van der Waals surface area contributed by atoms with Crippen LogP contribution in [0.15, 0.2) is 18.3 Å². The van der Waals surface area contributed by atoms with Gasteiger partial charge in [0.2, 0.25) is 0 Å². The summed E-state index contributed by atoms with van der Waals surface area (Å²) in [5.74, 6) is -0.645. The summed E-state index contributed by atoms with van der Waals surface area (Å²) in [5, 5.41) is 11.7. The van der Waals surface area contributed by atoms with Crippen LogP contribution in [0, 0.1) is 0 Å². The standard InChI is InChI=1S/C13H19N3O3/c1-9(2)15-12-10(5-4-7-14-12)13(19)16(3)8-6-11(17)18/h4-5,7,9H,6,8H2,1-3H3,(H,14,15)(H,17,18). The Labute approximate surface area is 112 Å². The quantitative estimate of drug-likeness (QED) is 0.813. The summed E-state index contributed by atoms with van der Waals surface area (Å²) in [6.07, 6.45) is 1.54. The molecule has 0 aliphatic heterocycles. The van der Waals surface area contributed by atoms with Crippen LogP contribution in [0.25, 0.3) is 0 Å². The molecular formula is C13H19N3O3. The van der Waals surface area contributed by atoms with Crippen LogP contribution in [-0.2, 0) is 4.79 Å². The van der Waals surface area contributed by atoms with Gasteiger partial charge in [-0.2, -0.15) is 0 Å². The number of nitrogens with one attached hydrogen (secondary N) is 1. The number of aliphatic carboxylic acids is 1. The Morgan fingerprint density at radius 2 is 2.16 bits per heavy atom. The molecule has 0 aromatic carbocycles. The van der Waals surface area contributed by atoms with E-state index in [1.165, 1.54) is 4.90 Å². The highest BCUT2D eigenvalue weighted by Crippen LogP contribution is 2.14. The normalized spacial score (nSPS) is 10.3. The predicted molar refractivity (Wildman–Crippen MR) is 72.2 cm³/mol. The molecule has 2 N–H and O–H groups in total. The highest BCUT2D eigenvalue weighted by atomic mass is 16.4. The van der Waals surface area contributed by atoms with E-state index in [2.05, 4.69) is 10.3 Å². The minimum absolute atomic E-state index is 0.0740. The van der Waals surface area contributed by atoms with Crippen molar-refractivity contribution < 1.29 is 14.7 Å². The second-order valence-electron chi connectivity index (χ2n) is 4.57. The van der Waals surface area contributed by atoms with Crippen molar-refractivity contribution in [3.8, 4) is 0 Å². The topological polar surface area (TPSA) is 82.5 Å². The van der Waals surface area contributed by atoms with Gasteiger partial charge >= 0.3 is 5.97 Å². The van der Waals surface area contributed by atoms with Gasteiger partial charge in [0.1, 0.15) is 5.82 Å². The zero-order chi connectivity index (χ0) is 14.4. The number of amides is 1. The van der Waals surface area contributed by atoms with Gasteiger partial charge < -0.3 is 15.3 Å². The zero-order valence-corrected chi connectivity index (χ0v) is 11.4. The molecule has 0 atom stereocenters. The molecule has 1 amide bonds. The fourth-order valence-electron chi connectivity index (χ4n) is 1.54. The average molecular weight is 265 g/mol. The highest BCUT2D eigenvalue weighted by molar-refractivity contribution is 5.98. The molecule has 6 heteroatoms. The molecule has 0 bridgehead atoms. The molecule has 0 fully saturated rings. The van der Waals surface area contributed by atoms with Crippen molar-refractivity contribution in [1.82, 2.24) is 9.88 Å². The van der Waals surface area contributed by atoms with E-state index in [9.17, 15) is 9.59 Å². The monoisotopic (exact) mass is 265 g/mol. The van der Waals surface area contributed by atoms with Crippen molar-refractivity contribution in [2.24, 2.45) is 0 Å². The molecule has 1 rings (SSSR count).